The highest BCUT2D eigenvalue weighted by molar-refractivity contribution is 5.96. The number of anilines is 2. The van der Waals surface area contributed by atoms with E-state index in [9.17, 15) is 9.90 Å². The van der Waals surface area contributed by atoms with Crippen molar-refractivity contribution >= 4 is 29.4 Å². The summed E-state index contributed by atoms with van der Waals surface area (Å²) in [5.74, 6) is 0.437. The van der Waals surface area contributed by atoms with Crippen LogP contribution in [0, 0.1) is 6.92 Å². The molecule has 1 aromatic carbocycles. The number of hydrogen-bond acceptors (Lipinski definition) is 10. The van der Waals surface area contributed by atoms with Crippen LogP contribution in [-0.4, -0.2) is 68.2 Å². The van der Waals surface area contributed by atoms with Crippen LogP contribution in [0.3, 0.4) is 0 Å². The molecule has 0 spiro atoms. The monoisotopic (exact) mass is 572 g/mol. The number of aliphatic hydroxyl groups is 1. The van der Waals surface area contributed by atoms with E-state index in [0.717, 1.165) is 40.9 Å². The van der Waals surface area contributed by atoms with Gasteiger partial charge < -0.3 is 36.4 Å². The molecule has 1 unspecified atom stereocenters. The zero-order valence-corrected chi connectivity index (χ0v) is 24.3. The van der Waals surface area contributed by atoms with E-state index >= 15 is 0 Å². The van der Waals surface area contributed by atoms with Gasteiger partial charge in [-0.2, -0.15) is 10.1 Å². The highest BCUT2D eigenvalue weighted by Crippen LogP contribution is 2.48. The Morgan fingerprint density at radius 2 is 2.00 bits per heavy atom. The third-order valence-electron chi connectivity index (χ3n) is 7.29. The number of fused-ring (bicyclic) bond motifs is 3. The summed E-state index contributed by atoms with van der Waals surface area (Å²) in [5.41, 5.74) is 18.4. The zero-order chi connectivity index (χ0) is 30.1. The number of nitrogens with zero attached hydrogens (tertiary/aromatic N) is 7. The lowest BCUT2D eigenvalue weighted by molar-refractivity contribution is -0.123. The molecule has 13 heteroatoms. The maximum Gasteiger partial charge on any atom is 0.318 e. The molecule has 6 N–H and O–H groups in total. The molecular weight excluding hydrogens is 536 g/mol. The summed E-state index contributed by atoms with van der Waals surface area (Å²) < 4.78 is 7.66. The molecule has 3 aromatic rings. The van der Waals surface area contributed by atoms with E-state index in [2.05, 4.69) is 32.1 Å². The van der Waals surface area contributed by atoms with E-state index in [4.69, 9.17) is 21.3 Å². The minimum atomic E-state index is -0.0970. The Kier molecular flexibility index (Phi) is 7.74. The molecule has 42 heavy (non-hydrogen) atoms. The molecular formula is C29H36N10O3. The van der Waals surface area contributed by atoms with Crippen LogP contribution in [0.5, 0.6) is 6.01 Å². The number of amidine groups is 1. The molecule has 1 saturated heterocycles. The molecule has 2 aliphatic heterocycles. The van der Waals surface area contributed by atoms with Crippen molar-refractivity contribution in [3.8, 4) is 17.1 Å². The lowest BCUT2D eigenvalue weighted by atomic mass is 9.93. The second kappa shape index (κ2) is 11.4. The van der Waals surface area contributed by atoms with Gasteiger partial charge in [-0.25, -0.2) is 9.98 Å². The van der Waals surface area contributed by atoms with Gasteiger partial charge in [-0.3, -0.25) is 9.48 Å². The standard InChI is InChI=1S/C29H36N10O3/c1-16(2)42-29-33-17(3)9-26(36-29)35-25(31)10-24(22(30)14-40)34-23-8-6-7-20-21-11-32-39(19-12-38(13-19)15-41)27(21)18(4)37(5)28(20)23/h6-11,14-16,18-19,34,40H,12-13,30H2,1-5H3,(H2,31,33,35,36)/b22-14+,24-10+. The number of carbonyl (C=O) groups is 1. The molecule has 220 valence electrons. The summed E-state index contributed by atoms with van der Waals surface area (Å²) in [6.45, 7) is 9.00. The molecule has 4 heterocycles. The van der Waals surface area contributed by atoms with E-state index in [1.165, 1.54) is 6.08 Å². The molecule has 0 bridgehead atoms. The van der Waals surface area contributed by atoms with Crippen LogP contribution in [0.1, 0.15) is 44.2 Å². The number of amides is 1. The number of benzene rings is 1. The highest BCUT2D eigenvalue weighted by atomic mass is 16.5. The van der Waals surface area contributed by atoms with Crippen molar-refractivity contribution in [1.82, 2.24) is 24.6 Å². The molecule has 0 saturated carbocycles. The van der Waals surface area contributed by atoms with Gasteiger partial charge in [0.1, 0.15) is 12.1 Å². The average Bonchev–Trinajstić information content (AvgIpc) is 3.34. The smallest absolute Gasteiger partial charge is 0.318 e. The Morgan fingerprint density at radius 1 is 1.24 bits per heavy atom. The third kappa shape index (κ3) is 5.45. The normalized spacial score (nSPS) is 17.6. The van der Waals surface area contributed by atoms with Crippen LogP contribution in [0.4, 0.5) is 17.2 Å². The molecule has 1 fully saturated rings. The molecule has 1 atom stereocenters. The Labute approximate surface area is 244 Å². The van der Waals surface area contributed by atoms with Gasteiger partial charge in [-0.15, -0.1) is 0 Å². The number of aryl methyl sites for hydroxylation is 1. The summed E-state index contributed by atoms with van der Waals surface area (Å²) in [5, 5.41) is 17.9. The minimum absolute atomic E-state index is 0.00344. The first-order chi connectivity index (χ1) is 20.1. The average molecular weight is 573 g/mol. The fourth-order valence-corrected chi connectivity index (χ4v) is 5.20. The summed E-state index contributed by atoms with van der Waals surface area (Å²) in [7, 11) is 2.02. The minimum Gasteiger partial charge on any atom is -0.513 e. The van der Waals surface area contributed by atoms with Crippen molar-refractivity contribution in [3.63, 3.8) is 0 Å². The molecule has 0 radical (unpaired) electrons. The second-order valence-electron chi connectivity index (χ2n) is 10.7. The van der Waals surface area contributed by atoms with Gasteiger partial charge in [0.15, 0.2) is 5.82 Å². The maximum atomic E-state index is 11.1. The summed E-state index contributed by atoms with van der Waals surface area (Å²) in [6, 6.07) is 7.96. The van der Waals surface area contributed by atoms with E-state index in [1.54, 1.807) is 11.0 Å². The number of nitrogens with two attached hydrogens (primary N) is 2. The number of rotatable bonds is 9. The summed E-state index contributed by atoms with van der Waals surface area (Å²) in [4.78, 5) is 28.0. The van der Waals surface area contributed by atoms with Crippen LogP contribution < -0.4 is 26.4 Å². The topological polar surface area (TPSA) is 173 Å². The zero-order valence-electron chi connectivity index (χ0n) is 24.3. The first kappa shape index (κ1) is 28.5. The van der Waals surface area contributed by atoms with E-state index < -0.39 is 0 Å². The van der Waals surface area contributed by atoms with Gasteiger partial charge in [-0.1, -0.05) is 12.1 Å². The van der Waals surface area contributed by atoms with Gasteiger partial charge >= 0.3 is 6.01 Å². The molecule has 0 aliphatic carbocycles. The number of carbonyl (C=O) groups excluding carboxylic acids is 1. The quantitative estimate of drug-likeness (QED) is 0.0979. The Balaban J connectivity index is 1.49. The summed E-state index contributed by atoms with van der Waals surface area (Å²) in [6.07, 6.45) is 5.00. The summed E-state index contributed by atoms with van der Waals surface area (Å²) >= 11 is 0. The highest BCUT2D eigenvalue weighted by Gasteiger charge is 2.36. The van der Waals surface area contributed by atoms with Gasteiger partial charge in [0, 0.05) is 49.1 Å². The number of aromatic nitrogens is 4. The van der Waals surface area contributed by atoms with Gasteiger partial charge in [-0.05, 0) is 33.8 Å². The largest absolute Gasteiger partial charge is 0.513 e. The van der Waals surface area contributed by atoms with E-state index in [0.29, 0.717) is 30.3 Å². The molecule has 13 nitrogen and oxygen atoms in total. The van der Waals surface area contributed by atoms with Crippen molar-refractivity contribution in [2.24, 2.45) is 16.5 Å². The van der Waals surface area contributed by atoms with E-state index in [-0.39, 0.29) is 35.7 Å². The van der Waals surface area contributed by atoms with Crippen molar-refractivity contribution in [3.05, 3.63) is 65.6 Å². The van der Waals surface area contributed by atoms with Crippen LogP contribution >= 0.6 is 0 Å². The van der Waals surface area contributed by atoms with Crippen LogP contribution in [-0.2, 0) is 4.79 Å². The second-order valence-corrected chi connectivity index (χ2v) is 10.7. The Hall–Kier alpha value is -5.07. The fraction of sp³-hybridized carbons (Fsp3) is 0.345. The number of ether oxygens (including phenoxy) is 1. The number of nitrogens with one attached hydrogen (secondary N) is 1. The number of aliphatic hydroxyl groups excluding tert-OH is 1. The van der Waals surface area contributed by atoms with Gasteiger partial charge in [0.25, 0.3) is 0 Å². The van der Waals surface area contributed by atoms with Crippen LogP contribution in [0.15, 0.2) is 59.2 Å². The predicted molar refractivity (Wildman–Crippen MR) is 162 cm³/mol. The van der Waals surface area contributed by atoms with Crippen LogP contribution in [0.2, 0.25) is 0 Å². The maximum absolute atomic E-state index is 11.1. The lowest BCUT2D eigenvalue weighted by Crippen LogP contribution is -2.48. The van der Waals surface area contributed by atoms with Crippen molar-refractivity contribution < 1.29 is 14.6 Å². The fourth-order valence-electron chi connectivity index (χ4n) is 5.20. The van der Waals surface area contributed by atoms with Crippen molar-refractivity contribution in [1.29, 1.82) is 0 Å². The molecule has 2 aromatic heterocycles. The lowest BCUT2D eigenvalue weighted by Gasteiger charge is -2.41. The Bertz CT molecular complexity index is 1590. The molecule has 5 rings (SSSR count). The van der Waals surface area contributed by atoms with Crippen LogP contribution in [0.25, 0.3) is 11.1 Å². The van der Waals surface area contributed by atoms with Gasteiger partial charge in [0.2, 0.25) is 6.41 Å². The van der Waals surface area contributed by atoms with Crippen molar-refractivity contribution in [2.45, 2.75) is 45.9 Å². The Morgan fingerprint density at radius 3 is 2.69 bits per heavy atom. The predicted octanol–water partition coefficient (Wildman–Crippen LogP) is 3.30. The van der Waals surface area contributed by atoms with Crippen molar-refractivity contribution in [2.75, 3.05) is 30.4 Å². The first-order valence-corrected chi connectivity index (χ1v) is 13.7. The number of hydrogen-bond donors (Lipinski definition) is 4. The third-order valence-corrected chi connectivity index (χ3v) is 7.29. The molecule has 1 amide bonds. The van der Waals surface area contributed by atoms with E-state index in [1.807, 2.05) is 56.9 Å². The van der Waals surface area contributed by atoms with Gasteiger partial charge in [0.05, 0.1) is 52.8 Å². The first-order valence-electron chi connectivity index (χ1n) is 13.7. The SMILES string of the molecule is Cc1cc(N=C(N)/C=C(Nc2cccc3c2N(C)C(C)c2c-3cnn2C2CN(C=O)C2)\C(N)=C/O)nc(OC(C)C)n1. The number of aliphatic imine (C=N–C) groups is 1. The number of para-hydroxylation sites is 1. The number of likely N-dealkylation sites (tertiary alicyclic amines) is 1. The molecule has 2 aliphatic rings.